The van der Waals surface area contributed by atoms with Crippen LogP contribution < -0.4 is 15.2 Å². The predicted molar refractivity (Wildman–Crippen MR) is 83.9 cm³/mol. The Bertz CT molecular complexity index is 458. The van der Waals surface area contributed by atoms with E-state index in [0.717, 1.165) is 30.9 Å². The van der Waals surface area contributed by atoms with Crippen LogP contribution in [-0.4, -0.2) is 37.7 Å². The number of benzene rings is 1. The molecule has 1 fully saturated rings. The van der Waals surface area contributed by atoms with Gasteiger partial charge in [0.2, 0.25) is 0 Å². The second-order valence-electron chi connectivity index (χ2n) is 5.91. The zero-order valence-electron chi connectivity index (χ0n) is 12.7. The number of likely N-dealkylation sites (tertiary alicyclic amines) is 1. The molecule has 0 aromatic heterocycles. The zero-order valence-corrected chi connectivity index (χ0v) is 12.7. The smallest absolute Gasteiger partial charge is 0.165 e. The largest absolute Gasteiger partial charge is 0.490 e. The monoisotopic (exact) mass is 290 g/mol. The third-order valence-corrected chi connectivity index (χ3v) is 4.44. The fraction of sp³-hybridized carbons (Fsp3) is 0.647. The Kier molecular flexibility index (Phi) is 4.99. The zero-order chi connectivity index (χ0) is 14.5. The highest BCUT2D eigenvalue weighted by Crippen LogP contribution is 2.42. The number of ether oxygens (including phenoxy) is 2. The Morgan fingerprint density at radius 1 is 1.24 bits per heavy atom. The van der Waals surface area contributed by atoms with Crippen molar-refractivity contribution in [2.24, 2.45) is 5.73 Å². The van der Waals surface area contributed by atoms with E-state index >= 15 is 0 Å². The molecule has 2 aliphatic rings. The fourth-order valence-electron chi connectivity index (χ4n) is 3.37. The Morgan fingerprint density at radius 2 is 2.10 bits per heavy atom. The van der Waals surface area contributed by atoms with Gasteiger partial charge in [-0.05, 0) is 45.0 Å². The van der Waals surface area contributed by atoms with Crippen LogP contribution in [-0.2, 0) is 0 Å². The lowest BCUT2D eigenvalue weighted by Crippen LogP contribution is -2.36. The van der Waals surface area contributed by atoms with Crippen LogP contribution >= 0.6 is 0 Å². The first-order valence-corrected chi connectivity index (χ1v) is 8.23. The Labute approximate surface area is 127 Å². The maximum absolute atomic E-state index is 5.92. The van der Waals surface area contributed by atoms with Gasteiger partial charge in [0.05, 0.1) is 13.2 Å². The summed E-state index contributed by atoms with van der Waals surface area (Å²) in [4.78, 5) is 2.62. The van der Waals surface area contributed by atoms with Crippen molar-refractivity contribution in [2.45, 2.75) is 38.1 Å². The minimum absolute atomic E-state index is 0.493. The lowest BCUT2D eigenvalue weighted by Gasteiger charge is -2.38. The van der Waals surface area contributed by atoms with Crippen LogP contribution in [0.3, 0.4) is 0 Å². The van der Waals surface area contributed by atoms with Gasteiger partial charge >= 0.3 is 0 Å². The molecule has 1 aromatic rings. The molecule has 21 heavy (non-hydrogen) atoms. The molecule has 0 aliphatic carbocycles. The van der Waals surface area contributed by atoms with Crippen molar-refractivity contribution in [2.75, 3.05) is 32.8 Å². The summed E-state index contributed by atoms with van der Waals surface area (Å²) in [6.07, 6.45) is 5.96. The maximum atomic E-state index is 5.92. The number of rotatable bonds is 5. The standard InChI is InChI=1S/C17H26N2O2/c18-9-5-12-20-16-7-4-6-14-15(8-13-21-17(14)16)19-10-2-1-3-11-19/h4,6-7,15H,1-3,5,8-13,18H2. The molecule has 0 spiro atoms. The highest BCUT2D eigenvalue weighted by molar-refractivity contribution is 5.49. The van der Waals surface area contributed by atoms with Crippen LogP contribution in [0.15, 0.2) is 18.2 Å². The van der Waals surface area contributed by atoms with Gasteiger partial charge in [0.1, 0.15) is 0 Å². The molecule has 0 amide bonds. The molecule has 1 unspecified atom stereocenters. The molecule has 3 rings (SSSR count). The number of hydrogen-bond donors (Lipinski definition) is 1. The molecule has 116 valence electrons. The van der Waals surface area contributed by atoms with E-state index in [0.29, 0.717) is 19.2 Å². The summed E-state index contributed by atoms with van der Waals surface area (Å²) >= 11 is 0. The van der Waals surface area contributed by atoms with Gasteiger partial charge in [-0.1, -0.05) is 18.6 Å². The predicted octanol–water partition coefficient (Wildman–Crippen LogP) is 2.72. The summed E-state index contributed by atoms with van der Waals surface area (Å²) in [5.41, 5.74) is 6.83. The first kappa shape index (κ1) is 14.7. The molecule has 0 radical (unpaired) electrons. The summed E-state index contributed by atoms with van der Waals surface area (Å²) in [5, 5.41) is 0. The second kappa shape index (κ2) is 7.14. The van der Waals surface area contributed by atoms with E-state index in [1.54, 1.807) is 0 Å². The molecule has 0 bridgehead atoms. The molecular formula is C17H26N2O2. The van der Waals surface area contributed by atoms with Gasteiger partial charge in [0.25, 0.3) is 0 Å². The SMILES string of the molecule is NCCCOc1cccc2c1OCCC2N1CCCCC1. The molecule has 2 N–H and O–H groups in total. The maximum Gasteiger partial charge on any atom is 0.165 e. The van der Waals surface area contributed by atoms with Crippen LogP contribution in [0.25, 0.3) is 0 Å². The molecule has 1 atom stereocenters. The van der Waals surface area contributed by atoms with Crippen LogP contribution in [0.1, 0.15) is 43.7 Å². The number of fused-ring (bicyclic) bond motifs is 1. The number of hydrogen-bond acceptors (Lipinski definition) is 4. The van der Waals surface area contributed by atoms with Crippen molar-refractivity contribution >= 4 is 0 Å². The van der Waals surface area contributed by atoms with Gasteiger partial charge in [0, 0.05) is 18.0 Å². The van der Waals surface area contributed by atoms with Gasteiger partial charge in [0.15, 0.2) is 11.5 Å². The Balaban J connectivity index is 1.78. The highest BCUT2D eigenvalue weighted by Gasteiger charge is 2.29. The lowest BCUT2D eigenvalue weighted by molar-refractivity contribution is 0.116. The highest BCUT2D eigenvalue weighted by atomic mass is 16.5. The first-order valence-electron chi connectivity index (χ1n) is 8.23. The summed E-state index contributed by atoms with van der Waals surface area (Å²) in [7, 11) is 0. The Morgan fingerprint density at radius 3 is 2.90 bits per heavy atom. The van der Waals surface area contributed by atoms with Crippen molar-refractivity contribution < 1.29 is 9.47 Å². The van der Waals surface area contributed by atoms with Gasteiger partial charge < -0.3 is 15.2 Å². The van der Waals surface area contributed by atoms with E-state index in [1.165, 1.54) is 37.9 Å². The summed E-state index contributed by atoms with van der Waals surface area (Å²) < 4.78 is 11.8. The van der Waals surface area contributed by atoms with E-state index in [4.69, 9.17) is 15.2 Å². The van der Waals surface area contributed by atoms with Gasteiger partial charge in [-0.15, -0.1) is 0 Å². The molecule has 2 heterocycles. The van der Waals surface area contributed by atoms with E-state index in [1.807, 2.05) is 6.07 Å². The second-order valence-corrected chi connectivity index (χ2v) is 5.91. The summed E-state index contributed by atoms with van der Waals surface area (Å²) in [5.74, 6) is 1.83. The van der Waals surface area contributed by atoms with Crippen LogP contribution in [0.2, 0.25) is 0 Å². The van der Waals surface area contributed by atoms with Gasteiger partial charge in [-0.2, -0.15) is 0 Å². The normalized spacial score (nSPS) is 22.4. The van der Waals surface area contributed by atoms with Crippen LogP contribution in [0, 0.1) is 0 Å². The molecule has 1 saturated heterocycles. The van der Waals surface area contributed by atoms with Crippen LogP contribution in [0.5, 0.6) is 11.5 Å². The average molecular weight is 290 g/mol. The van der Waals surface area contributed by atoms with Crippen molar-refractivity contribution in [3.05, 3.63) is 23.8 Å². The average Bonchev–Trinajstić information content (AvgIpc) is 2.55. The van der Waals surface area contributed by atoms with Crippen molar-refractivity contribution in [3.63, 3.8) is 0 Å². The summed E-state index contributed by atoms with van der Waals surface area (Å²) in [6, 6.07) is 6.78. The van der Waals surface area contributed by atoms with E-state index in [2.05, 4.69) is 17.0 Å². The van der Waals surface area contributed by atoms with Crippen molar-refractivity contribution in [3.8, 4) is 11.5 Å². The Hall–Kier alpha value is -1.26. The first-order chi connectivity index (χ1) is 10.4. The molecule has 4 nitrogen and oxygen atoms in total. The molecule has 1 aromatic carbocycles. The number of piperidine rings is 1. The minimum atomic E-state index is 0.493. The van der Waals surface area contributed by atoms with E-state index in [9.17, 15) is 0 Å². The molecule has 0 saturated carbocycles. The third kappa shape index (κ3) is 3.33. The van der Waals surface area contributed by atoms with E-state index in [-0.39, 0.29) is 0 Å². The van der Waals surface area contributed by atoms with Crippen molar-refractivity contribution in [1.29, 1.82) is 0 Å². The quantitative estimate of drug-likeness (QED) is 0.847. The van der Waals surface area contributed by atoms with E-state index < -0.39 is 0 Å². The van der Waals surface area contributed by atoms with Crippen LogP contribution in [0.4, 0.5) is 0 Å². The topological polar surface area (TPSA) is 47.7 Å². The van der Waals surface area contributed by atoms with Crippen molar-refractivity contribution in [1.82, 2.24) is 4.90 Å². The molecule has 2 aliphatic heterocycles. The lowest BCUT2D eigenvalue weighted by atomic mass is 9.96. The minimum Gasteiger partial charge on any atom is -0.490 e. The molecular weight excluding hydrogens is 264 g/mol. The fourth-order valence-corrected chi connectivity index (χ4v) is 3.37. The summed E-state index contributed by atoms with van der Waals surface area (Å²) in [6.45, 7) is 4.52. The van der Waals surface area contributed by atoms with Gasteiger partial charge in [-0.25, -0.2) is 0 Å². The molecule has 4 heteroatoms. The van der Waals surface area contributed by atoms with Gasteiger partial charge in [-0.3, -0.25) is 4.90 Å². The number of nitrogens with two attached hydrogens (primary N) is 1. The number of para-hydroxylation sites is 1. The third-order valence-electron chi connectivity index (χ3n) is 4.44. The number of nitrogens with zero attached hydrogens (tertiary/aromatic N) is 1.